The molecule has 2 aromatic rings. The minimum absolute atomic E-state index is 0.0680. The lowest BCUT2D eigenvalue weighted by molar-refractivity contribution is 0.0474. The Bertz CT molecular complexity index is 1030. The molecule has 2 rings (SSSR count). The maximum absolute atomic E-state index is 12.6. The number of carbonyl (C=O) groups is 2. The van der Waals surface area contributed by atoms with Crippen LogP contribution in [0.5, 0.6) is 0 Å². The van der Waals surface area contributed by atoms with Gasteiger partial charge in [-0.1, -0.05) is 13.8 Å². The molecular formula is C20H26N4O5. The molecule has 0 saturated heterocycles. The van der Waals surface area contributed by atoms with Crippen molar-refractivity contribution >= 4 is 23.3 Å². The Morgan fingerprint density at radius 2 is 1.72 bits per heavy atom. The van der Waals surface area contributed by atoms with Gasteiger partial charge in [-0.2, -0.15) is 0 Å². The van der Waals surface area contributed by atoms with E-state index >= 15 is 0 Å². The molecule has 0 saturated carbocycles. The molecule has 0 atom stereocenters. The normalized spacial score (nSPS) is 10.8. The molecule has 0 bridgehead atoms. The van der Waals surface area contributed by atoms with Crippen LogP contribution in [0.15, 0.2) is 33.9 Å². The number of ketones is 1. The van der Waals surface area contributed by atoms with E-state index in [0.29, 0.717) is 0 Å². The first-order valence-corrected chi connectivity index (χ1v) is 9.11. The lowest BCUT2D eigenvalue weighted by atomic mass is 10.1. The lowest BCUT2D eigenvalue weighted by Crippen LogP contribution is -2.43. The molecule has 0 aliphatic heterocycles. The number of benzene rings is 1. The van der Waals surface area contributed by atoms with Crippen LogP contribution in [-0.2, 0) is 18.3 Å². The maximum Gasteiger partial charge on any atom is 0.338 e. The van der Waals surface area contributed by atoms with Crippen LogP contribution in [0.3, 0.4) is 0 Å². The van der Waals surface area contributed by atoms with Crippen molar-refractivity contribution in [2.45, 2.75) is 20.4 Å². The van der Waals surface area contributed by atoms with E-state index in [1.54, 1.807) is 24.3 Å². The second kappa shape index (κ2) is 8.76. The van der Waals surface area contributed by atoms with Crippen molar-refractivity contribution in [2.24, 2.45) is 13.0 Å². The highest BCUT2D eigenvalue weighted by Crippen LogP contribution is 2.14. The Balaban J connectivity index is 2.24. The van der Waals surface area contributed by atoms with Crippen LogP contribution in [-0.4, -0.2) is 41.6 Å². The molecule has 0 radical (unpaired) electrons. The molecule has 1 aromatic heterocycles. The first kappa shape index (κ1) is 21.9. The fourth-order valence-electron chi connectivity index (χ4n) is 2.77. The topological polar surface area (TPSA) is 117 Å². The third kappa shape index (κ3) is 4.74. The second-order valence-corrected chi connectivity index (χ2v) is 7.35. The van der Waals surface area contributed by atoms with Crippen molar-refractivity contribution in [1.29, 1.82) is 0 Å². The van der Waals surface area contributed by atoms with Crippen molar-refractivity contribution < 1.29 is 14.3 Å². The zero-order valence-electron chi connectivity index (χ0n) is 17.3. The van der Waals surface area contributed by atoms with Crippen molar-refractivity contribution in [2.75, 3.05) is 31.3 Å². The van der Waals surface area contributed by atoms with E-state index in [0.717, 1.165) is 10.3 Å². The van der Waals surface area contributed by atoms with E-state index in [9.17, 15) is 19.2 Å². The molecule has 0 aliphatic carbocycles. The summed E-state index contributed by atoms with van der Waals surface area (Å²) in [4.78, 5) is 51.4. The van der Waals surface area contributed by atoms with Gasteiger partial charge in [0, 0.05) is 33.4 Å². The van der Waals surface area contributed by atoms with Gasteiger partial charge in [0.1, 0.15) is 11.4 Å². The number of nitrogen functional groups attached to an aromatic ring is 1. The predicted octanol–water partition coefficient (Wildman–Crippen LogP) is 0.891. The molecule has 9 nitrogen and oxygen atoms in total. The van der Waals surface area contributed by atoms with Crippen LogP contribution in [0.2, 0.25) is 0 Å². The Morgan fingerprint density at radius 1 is 1.14 bits per heavy atom. The van der Waals surface area contributed by atoms with Gasteiger partial charge in [-0.15, -0.1) is 0 Å². The van der Waals surface area contributed by atoms with Crippen molar-refractivity contribution in [3.05, 3.63) is 56.2 Å². The second-order valence-electron chi connectivity index (χ2n) is 7.35. The summed E-state index contributed by atoms with van der Waals surface area (Å²) in [5.41, 5.74) is 5.35. The van der Waals surface area contributed by atoms with Crippen LogP contribution in [0.4, 0.5) is 11.5 Å². The van der Waals surface area contributed by atoms with Gasteiger partial charge < -0.3 is 15.4 Å². The molecule has 0 unspecified atom stereocenters. The Hall–Kier alpha value is -3.36. The number of rotatable bonds is 7. The molecule has 29 heavy (non-hydrogen) atoms. The average Bonchev–Trinajstić information content (AvgIpc) is 2.67. The van der Waals surface area contributed by atoms with E-state index in [2.05, 4.69) is 0 Å². The van der Waals surface area contributed by atoms with Crippen LogP contribution in [0, 0.1) is 5.92 Å². The van der Waals surface area contributed by atoms with Crippen LogP contribution < -0.4 is 21.9 Å². The third-order valence-corrected chi connectivity index (χ3v) is 4.36. The Labute approximate surface area is 168 Å². The molecule has 0 spiro atoms. The summed E-state index contributed by atoms with van der Waals surface area (Å²) < 4.78 is 7.06. The zero-order valence-corrected chi connectivity index (χ0v) is 17.3. The van der Waals surface area contributed by atoms with E-state index < -0.39 is 29.6 Å². The SMILES string of the molecule is CC(C)Cn1c(N)c(C(=O)COC(=O)c2ccc(N(C)C)cc2)c(=O)n(C)c1=O. The number of ether oxygens (including phenoxy) is 1. The zero-order chi connectivity index (χ0) is 21.9. The average molecular weight is 402 g/mol. The molecule has 156 valence electrons. The van der Waals surface area contributed by atoms with Crippen molar-refractivity contribution in [3.63, 3.8) is 0 Å². The summed E-state index contributed by atoms with van der Waals surface area (Å²) in [6, 6.07) is 6.65. The summed E-state index contributed by atoms with van der Waals surface area (Å²) >= 11 is 0. The number of nitrogens with two attached hydrogens (primary N) is 1. The fraction of sp³-hybridized carbons (Fsp3) is 0.400. The minimum Gasteiger partial charge on any atom is -0.454 e. The molecule has 0 aliphatic rings. The molecule has 0 fully saturated rings. The number of anilines is 2. The molecule has 2 N–H and O–H groups in total. The quantitative estimate of drug-likeness (QED) is 0.540. The highest BCUT2D eigenvalue weighted by atomic mass is 16.5. The number of esters is 1. The number of carbonyl (C=O) groups excluding carboxylic acids is 2. The van der Waals surface area contributed by atoms with Crippen LogP contribution in [0.1, 0.15) is 34.6 Å². The summed E-state index contributed by atoms with van der Waals surface area (Å²) in [5, 5.41) is 0. The molecule has 1 aromatic carbocycles. The van der Waals surface area contributed by atoms with Crippen LogP contribution >= 0.6 is 0 Å². The smallest absolute Gasteiger partial charge is 0.338 e. The van der Waals surface area contributed by atoms with E-state index in [1.165, 1.54) is 11.6 Å². The molecule has 0 amide bonds. The highest BCUT2D eigenvalue weighted by Gasteiger charge is 2.23. The van der Waals surface area contributed by atoms with Crippen molar-refractivity contribution in [1.82, 2.24) is 9.13 Å². The summed E-state index contributed by atoms with van der Waals surface area (Å²) in [6.45, 7) is 3.34. The largest absolute Gasteiger partial charge is 0.454 e. The molecule has 1 heterocycles. The van der Waals surface area contributed by atoms with E-state index in [-0.39, 0.29) is 29.4 Å². The standard InChI is InChI=1S/C20H26N4O5/c1-12(2)10-24-17(21)16(18(26)23(5)20(24)28)15(25)11-29-19(27)13-6-8-14(9-7-13)22(3)4/h6-9,12H,10-11,21H2,1-5H3. The van der Waals surface area contributed by atoms with Gasteiger partial charge >= 0.3 is 11.7 Å². The number of hydrogen-bond acceptors (Lipinski definition) is 7. The monoisotopic (exact) mass is 402 g/mol. The number of Topliss-reactive ketones (excluding diaryl/α,β-unsaturated/α-hetero) is 1. The third-order valence-electron chi connectivity index (χ3n) is 4.36. The van der Waals surface area contributed by atoms with Gasteiger partial charge in [-0.25, -0.2) is 9.59 Å². The van der Waals surface area contributed by atoms with Gasteiger partial charge in [0.2, 0.25) is 5.78 Å². The highest BCUT2D eigenvalue weighted by molar-refractivity contribution is 6.02. The first-order chi connectivity index (χ1) is 13.5. The maximum atomic E-state index is 12.6. The summed E-state index contributed by atoms with van der Waals surface area (Å²) in [5.74, 6) is -1.62. The molecule has 9 heteroatoms. The van der Waals surface area contributed by atoms with Crippen molar-refractivity contribution in [3.8, 4) is 0 Å². The summed E-state index contributed by atoms with van der Waals surface area (Å²) in [7, 11) is 5.02. The van der Waals surface area contributed by atoms with Gasteiger partial charge in [0.15, 0.2) is 6.61 Å². The number of hydrogen-bond donors (Lipinski definition) is 1. The number of aromatic nitrogens is 2. The van der Waals surface area contributed by atoms with Crippen LogP contribution in [0.25, 0.3) is 0 Å². The van der Waals surface area contributed by atoms with E-state index in [4.69, 9.17) is 10.5 Å². The molecular weight excluding hydrogens is 376 g/mol. The lowest BCUT2D eigenvalue weighted by Gasteiger charge is -2.16. The number of nitrogens with zero attached hydrogens (tertiary/aromatic N) is 3. The van der Waals surface area contributed by atoms with Gasteiger partial charge in [0.05, 0.1) is 5.56 Å². The van der Waals surface area contributed by atoms with E-state index in [1.807, 2.05) is 32.8 Å². The first-order valence-electron chi connectivity index (χ1n) is 9.11. The fourth-order valence-corrected chi connectivity index (χ4v) is 2.77. The van der Waals surface area contributed by atoms with Gasteiger partial charge in [-0.05, 0) is 30.2 Å². The summed E-state index contributed by atoms with van der Waals surface area (Å²) in [6.07, 6.45) is 0. The Morgan fingerprint density at radius 3 is 2.24 bits per heavy atom. The van der Waals surface area contributed by atoms with Gasteiger partial charge in [0.25, 0.3) is 5.56 Å². The minimum atomic E-state index is -0.816. The van der Waals surface area contributed by atoms with Gasteiger partial charge in [-0.3, -0.25) is 18.7 Å². The Kier molecular flexibility index (Phi) is 6.63. The predicted molar refractivity (Wildman–Crippen MR) is 111 cm³/mol.